The van der Waals surface area contributed by atoms with Crippen LogP contribution in [0.5, 0.6) is 0 Å². The third kappa shape index (κ3) is 4.17. The number of aliphatic hydroxyl groups is 1. The van der Waals surface area contributed by atoms with Crippen LogP contribution in [0.1, 0.15) is 51.0 Å². The smallest absolute Gasteiger partial charge is 0.225 e. The van der Waals surface area contributed by atoms with Gasteiger partial charge in [0.25, 0.3) is 0 Å². The average Bonchev–Trinajstić information content (AvgIpc) is 2.99. The summed E-state index contributed by atoms with van der Waals surface area (Å²) in [6, 6.07) is 10.1. The maximum atomic E-state index is 12.7. The normalized spacial score (nSPS) is 25.2. The first-order valence-corrected chi connectivity index (χ1v) is 9.36. The van der Waals surface area contributed by atoms with E-state index in [4.69, 9.17) is 0 Å². The summed E-state index contributed by atoms with van der Waals surface area (Å²) in [4.78, 5) is 17.3. The van der Waals surface area contributed by atoms with Gasteiger partial charge < -0.3 is 14.9 Å². The van der Waals surface area contributed by atoms with Gasteiger partial charge in [0.1, 0.15) is 0 Å². The van der Waals surface area contributed by atoms with Crippen molar-refractivity contribution in [2.75, 3.05) is 26.2 Å². The maximum absolute atomic E-state index is 12.7. The average molecular weight is 330 g/mol. The number of nitrogens with zero attached hydrogens (tertiary/aromatic N) is 2. The zero-order valence-corrected chi connectivity index (χ0v) is 14.8. The lowest BCUT2D eigenvalue weighted by molar-refractivity contribution is -0.136. The summed E-state index contributed by atoms with van der Waals surface area (Å²) in [5.41, 5.74) is -0.290. The number of benzene rings is 1. The number of rotatable bonds is 4. The van der Waals surface area contributed by atoms with Gasteiger partial charge in [-0.05, 0) is 57.7 Å². The molecule has 0 spiro atoms. The second-order valence-electron chi connectivity index (χ2n) is 7.53. The highest BCUT2D eigenvalue weighted by Crippen LogP contribution is 2.27. The molecule has 1 aromatic carbocycles. The quantitative estimate of drug-likeness (QED) is 0.923. The van der Waals surface area contributed by atoms with Crippen LogP contribution in [0.25, 0.3) is 0 Å². The lowest BCUT2D eigenvalue weighted by Crippen LogP contribution is -2.38. The minimum atomic E-state index is -1.10. The summed E-state index contributed by atoms with van der Waals surface area (Å²) in [6.07, 6.45) is 6.13. The van der Waals surface area contributed by atoms with Gasteiger partial charge in [0.15, 0.2) is 0 Å². The lowest BCUT2D eigenvalue weighted by atomic mass is 9.92. The molecular weight excluding hydrogens is 300 g/mol. The molecule has 0 radical (unpaired) electrons. The summed E-state index contributed by atoms with van der Waals surface area (Å²) in [5.74, 6) is 0.0749. The summed E-state index contributed by atoms with van der Waals surface area (Å²) in [7, 11) is 0. The summed E-state index contributed by atoms with van der Waals surface area (Å²) in [6.45, 7) is 5.84. The van der Waals surface area contributed by atoms with E-state index in [1.54, 1.807) is 6.92 Å². The van der Waals surface area contributed by atoms with Crippen LogP contribution in [0.2, 0.25) is 0 Å². The van der Waals surface area contributed by atoms with E-state index in [9.17, 15) is 9.90 Å². The molecule has 2 saturated heterocycles. The van der Waals surface area contributed by atoms with E-state index < -0.39 is 5.60 Å². The molecule has 1 aromatic rings. The topological polar surface area (TPSA) is 43.8 Å². The number of carbonyl (C=O) groups excluding carboxylic acids is 1. The Balaban J connectivity index is 1.57. The number of carbonyl (C=O) groups is 1. The van der Waals surface area contributed by atoms with E-state index in [2.05, 4.69) is 4.90 Å². The van der Waals surface area contributed by atoms with Gasteiger partial charge in [0, 0.05) is 19.1 Å². The fourth-order valence-corrected chi connectivity index (χ4v) is 4.11. The predicted molar refractivity (Wildman–Crippen MR) is 95.7 cm³/mol. The molecule has 2 aliphatic heterocycles. The molecule has 0 aliphatic carbocycles. The minimum Gasteiger partial charge on any atom is -0.385 e. The number of hydrogen-bond donors (Lipinski definition) is 1. The van der Waals surface area contributed by atoms with Crippen LogP contribution in [0, 0.1) is 0 Å². The third-order valence-electron chi connectivity index (χ3n) is 5.60. The maximum Gasteiger partial charge on any atom is 0.225 e. The van der Waals surface area contributed by atoms with Crippen LogP contribution in [0.15, 0.2) is 30.3 Å². The largest absolute Gasteiger partial charge is 0.385 e. The Morgan fingerprint density at radius 1 is 1.08 bits per heavy atom. The van der Waals surface area contributed by atoms with Crippen molar-refractivity contribution in [3.63, 3.8) is 0 Å². The number of hydrogen-bond acceptors (Lipinski definition) is 3. The second-order valence-corrected chi connectivity index (χ2v) is 7.53. The van der Waals surface area contributed by atoms with E-state index in [1.165, 1.54) is 32.4 Å². The SMILES string of the molecule is CC(O)(CC(=O)N1CCCC(N2CCCC2)CC1)c1ccccc1. The lowest BCUT2D eigenvalue weighted by Gasteiger charge is -2.29. The first kappa shape index (κ1) is 17.4. The van der Waals surface area contributed by atoms with Gasteiger partial charge in [-0.1, -0.05) is 30.3 Å². The van der Waals surface area contributed by atoms with Gasteiger partial charge in [0.05, 0.1) is 12.0 Å². The van der Waals surface area contributed by atoms with Crippen LogP contribution in [-0.4, -0.2) is 53.0 Å². The monoisotopic (exact) mass is 330 g/mol. The molecule has 24 heavy (non-hydrogen) atoms. The Kier molecular flexibility index (Phi) is 5.57. The van der Waals surface area contributed by atoms with Crippen molar-refractivity contribution in [2.24, 2.45) is 0 Å². The molecule has 0 aromatic heterocycles. The Hall–Kier alpha value is -1.39. The number of likely N-dealkylation sites (tertiary alicyclic amines) is 2. The summed E-state index contributed by atoms with van der Waals surface area (Å²) < 4.78 is 0. The predicted octanol–water partition coefficient (Wildman–Crippen LogP) is 2.76. The summed E-state index contributed by atoms with van der Waals surface area (Å²) in [5, 5.41) is 10.7. The Labute approximate surface area is 145 Å². The third-order valence-corrected chi connectivity index (χ3v) is 5.60. The van der Waals surface area contributed by atoms with Gasteiger partial charge in [-0.3, -0.25) is 4.79 Å². The molecular formula is C20H30N2O2. The second kappa shape index (κ2) is 7.66. The molecule has 3 rings (SSSR count). The Morgan fingerprint density at radius 3 is 2.50 bits per heavy atom. The Bertz CT molecular complexity index is 538. The van der Waals surface area contributed by atoms with E-state index in [1.807, 2.05) is 35.2 Å². The molecule has 2 unspecified atom stereocenters. The van der Waals surface area contributed by atoms with Crippen molar-refractivity contribution in [1.29, 1.82) is 0 Å². The van der Waals surface area contributed by atoms with Gasteiger partial charge in [-0.2, -0.15) is 0 Å². The molecule has 4 heteroatoms. The Morgan fingerprint density at radius 2 is 1.79 bits per heavy atom. The van der Waals surface area contributed by atoms with Crippen molar-refractivity contribution in [1.82, 2.24) is 9.80 Å². The molecule has 4 nitrogen and oxygen atoms in total. The molecule has 2 heterocycles. The van der Waals surface area contributed by atoms with Crippen LogP contribution in [0.3, 0.4) is 0 Å². The van der Waals surface area contributed by atoms with Crippen LogP contribution in [0.4, 0.5) is 0 Å². The van der Waals surface area contributed by atoms with Crippen molar-refractivity contribution in [3.05, 3.63) is 35.9 Å². The van der Waals surface area contributed by atoms with Crippen LogP contribution < -0.4 is 0 Å². The van der Waals surface area contributed by atoms with E-state index in [-0.39, 0.29) is 12.3 Å². The highest BCUT2D eigenvalue weighted by molar-refractivity contribution is 5.77. The molecule has 1 amide bonds. The van der Waals surface area contributed by atoms with Gasteiger partial charge in [-0.25, -0.2) is 0 Å². The van der Waals surface area contributed by atoms with E-state index >= 15 is 0 Å². The first-order chi connectivity index (χ1) is 11.6. The van der Waals surface area contributed by atoms with Gasteiger partial charge in [-0.15, -0.1) is 0 Å². The van der Waals surface area contributed by atoms with Gasteiger partial charge >= 0.3 is 0 Å². The highest BCUT2D eigenvalue weighted by atomic mass is 16.3. The zero-order valence-electron chi connectivity index (χ0n) is 14.8. The first-order valence-electron chi connectivity index (χ1n) is 9.36. The molecule has 2 fully saturated rings. The van der Waals surface area contributed by atoms with Crippen molar-refractivity contribution in [2.45, 2.75) is 57.1 Å². The molecule has 2 aliphatic rings. The van der Waals surface area contributed by atoms with E-state index in [0.29, 0.717) is 6.04 Å². The summed E-state index contributed by atoms with van der Waals surface area (Å²) >= 11 is 0. The van der Waals surface area contributed by atoms with Crippen LogP contribution >= 0.6 is 0 Å². The molecule has 0 saturated carbocycles. The fraction of sp³-hybridized carbons (Fsp3) is 0.650. The molecule has 1 N–H and O–H groups in total. The zero-order chi connectivity index (χ0) is 17.0. The number of amides is 1. The molecule has 0 bridgehead atoms. The van der Waals surface area contributed by atoms with Crippen molar-refractivity contribution < 1.29 is 9.90 Å². The standard InChI is InChI=1S/C20H30N2O2/c1-20(24,17-8-3-2-4-9-17)16-19(23)22-14-7-10-18(11-15-22)21-12-5-6-13-21/h2-4,8-9,18,24H,5-7,10-16H2,1H3. The fourth-order valence-electron chi connectivity index (χ4n) is 4.11. The van der Waals surface area contributed by atoms with Crippen molar-refractivity contribution >= 4 is 5.91 Å². The highest BCUT2D eigenvalue weighted by Gasteiger charge is 2.31. The van der Waals surface area contributed by atoms with Crippen LogP contribution in [-0.2, 0) is 10.4 Å². The molecule has 132 valence electrons. The van der Waals surface area contributed by atoms with Gasteiger partial charge in [0.2, 0.25) is 5.91 Å². The minimum absolute atomic E-state index is 0.0749. The molecule has 2 atom stereocenters. The van der Waals surface area contributed by atoms with E-state index in [0.717, 1.165) is 31.5 Å². The van der Waals surface area contributed by atoms with Crippen molar-refractivity contribution in [3.8, 4) is 0 Å².